The summed E-state index contributed by atoms with van der Waals surface area (Å²) < 4.78 is 14.7. The first-order chi connectivity index (χ1) is 7.66. The minimum atomic E-state index is -0.241. The van der Waals surface area contributed by atoms with Crippen molar-refractivity contribution < 1.29 is 4.39 Å². The number of hydrogen-bond donors (Lipinski definition) is 1. The first kappa shape index (κ1) is 12.1. The third-order valence-electron chi connectivity index (χ3n) is 2.06. The lowest BCUT2D eigenvalue weighted by Crippen LogP contribution is -1.98. The maximum atomic E-state index is 12.9. The Balaban J connectivity index is 2.08. The summed E-state index contributed by atoms with van der Waals surface area (Å²) in [5, 5.41) is 5.28. The van der Waals surface area contributed by atoms with Crippen LogP contribution in [0.25, 0.3) is 0 Å². The summed E-state index contributed by atoms with van der Waals surface area (Å²) in [6.45, 7) is 0.725. The molecule has 0 radical (unpaired) electrons. The molecule has 84 valence electrons. The van der Waals surface area contributed by atoms with E-state index in [1.165, 1.54) is 17.0 Å². The van der Waals surface area contributed by atoms with E-state index in [4.69, 9.17) is 0 Å². The van der Waals surface area contributed by atoms with Gasteiger partial charge in [0.05, 0.1) is 6.54 Å². The largest absolute Gasteiger partial charge is 0.379 e. The standard InChI is InChI=1S/C11H8Br2FNS/c12-8-3-4-16-11(8)6-15-10-2-1-7(14)5-9(10)13/h1-5,15H,6H2. The number of halogens is 3. The molecule has 0 aliphatic carbocycles. The number of nitrogens with one attached hydrogen (secondary N) is 1. The van der Waals surface area contributed by atoms with Gasteiger partial charge in [0.25, 0.3) is 0 Å². The van der Waals surface area contributed by atoms with Gasteiger partial charge in [0.2, 0.25) is 0 Å². The van der Waals surface area contributed by atoms with E-state index < -0.39 is 0 Å². The highest BCUT2D eigenvalue weighted by Crippen LogP contribution is 2.27. The fraction of sp³-hybridized carbons (Fsp3) is 0.0909. The molecule has 16 heavy (non-hydrogen) atoms. The van der Waals surface area contributed by atoms with E-state index in [0.29, 0.717) is 0 Å². The van der Waals surface area contributed by atoms with Crippen LogP contribution in [0, 0.1) is 5.82 Å². The fourth-order valence-corrected chi connectivity index (χ4v) is 3.18. The Bertz CT molecular complexity index is 498. The number of thiophene rings is 1. The Morgan fingerprint density at radius 1 is 1.19 bits per heavy atom. The van der Waals surface area contributed by atoms with Crippen LogP contribution in [0.1, 0.15) is 4.88 Å². The Labute approximate surface area is 114 Å². The van der Waals surface area contributed by atoms with E-state index in [0.717, 1.165) is 21.2 Å². The molecule has 1 nitrogen and oxygen atoms in total. The molecule has 1 aromatic heterocycles. The molecule has 0 amide bonds. The second-order valence-electron chi connectivity index (χ2n) is 3.17. The summed E-state index contributed by atoms with van der Waals surface area (Å²) in [5.41, 5.74) is 0.890. The van der Waals surface area contributed by atoms with Gasteiger partial charge < -0.3 is 5.32 Å². The van der Waals surface area contributed by atoms with Gasteiger partial charge in [0.1, 0.15) is 5.82 Å². The molecule has 0 bridgehead atoms. The number of anilines is 1. The molecule has 0 saturated carbocycles. The smallest absolute Gasteiger partial charge is 0.124 e. The van der Waals surface area contributed by atoms with Crippen molar-refractivity contribution in [2.24, 2.45) is 0 Å². The average molecular weight is 365 g/mol. The molecule has 0 aliphatic heterocycles. The van der Waals surface area contributed by atoms with Gasteiger partial charge in [-0.3, -0.25) is 0 Å². The van der Waals surface area contributed by atoms with Gasteiger partial charge in [-0.05, 0) is 61.5 Å². The molecule has 0 unspecified atom stereocenters. The summed E-state index contributed by atoms with van der Waals surface area (Å²) in [6, 6.07) is 6.63. The van der Waals surface area contributed by atoms with Crippen molar-refractivity contribution in [3.8, 4) is 0 Å². The van der Waals surface area contributed by atoms with Gasteiger partial charge in [0.15, 0.2) is 0 Å². The molecule has 1 aromatic carbocycles. The predicted molar refractivity (Wildman–Crippen MR) is 73.4 cm³/mol. The van der Waals surface area contributed by atoms with Crippen molar-refractivity contribution in [2.45, 2.75) is 6.54 Å². The van der Waals surface area contributed by atoms with Crippen molar-refractivity contribution in [3.63, 3.8) is 0 Å². The second kappa shape index (κ2) is 5.29. The Kier molecular flexibility index (Phi) is 4.00. The van der Waals surface area contributed by atoms with Crippen LogP contribution in [-0.2, 0) is 6.54 Å². The SMILES string of the molecule is Fc1ccc(NCc2sccc2Br)c(Br)c1. The number of hydrogen-bond acceptors (Lipinski definition) is 2. The van der Waals surface area contributed by atoms with Crippen molar-refractivity contribution in [3.05, 3.63) is 49.3 Å². The molecule has 0 fully saturated rings. The molecular formula is C11H8Br2FNS. The zero-order chi connectivity index (χ0) is 11.5. The van der Waals surface area contributed by atoms with Gasteiger partial charge in [-0.2, -0.15) is 0 Å². The van der Waals surface area contributed by atoms with Crippen molar-refractivity contribution in [1.82, 2.24) is 0 Å². The van der Waals surface area contributed by atoms with Crippen molar-refractivity contribution >= 4 is 48.9 Å². The van der Waals surface area contributed by atoms with Crippen LogP contribution in [0.3, 0.4) is 0 Å². The normalized spacial score (nSPS) is 10.4. The minimum absolute atomic E-state index is 0.241. The van der Waals surface area contributed by atoms with Crippen molar-refractivity contribution in [2.75, 3.05) is 5.32 Å². The first-order valence-electron chi connectivity index (χ1n) is 4.57. The molecule has 0 aliphatic rings. The average Bonchev–Trinajstić information content (AvgIpc) is 2.63. The molecule has 0 atom stereocenters. The highest BCUT2D eigenvalue weighted by molar-refractivity contribution is 9.11. The Hall–Kier alpha value is -0.390. The summed E-state index contributed by atoms with van der Waals surface area (Å²) in [6.07, 6.45) is 0. The second-order valence-corrected chi connectivity index (χ2v) is 5.88. The summed E-state index contributed by atoms with van der Waals surface area (Å²) in [5.74, 6) is -0.241. The van der Waals surface area contributed by atoms with E-state index in [-0.39, 0.29) is 5.82 Å². The lowest BCUT2D eigenvalue weighted by molar-refractivity contribution is 0.627. The van der Waals surface area contributed by atoms with Gasteiger partial charge >= 0.3 is 0 Å². The predicted octanol–water partition coefficient (Wildman–Crippen LogP) is 5.02. The molecule has 1 heterocycles. The van der Waals surface area contributed by atoms with Crippen LogP contribution in [-0.4, -0.2) is 0 Å². The topological polar surface area (TPSA) is 12.0 Å². The third kappa shape index (κ3) is 2.84. The quantitative estimate of drug-likeness (QED) is 0.805. The summed E-state index contributed by atoms with van der Waals surface area (Å²) >= 11 is 8.47. The Morgan fingerprint density at radius 2 is 2.00 bits per heavy atom. The highest BCUT2D eigenvalue weighted by Gasteiger charge is 2.04. The molecule has 2 rings (SSSR count). The van der Waals surface area contributed by atoms with Crippen LogP contribution < -0.4 is 5.32 Å². The van der Waals surface area contributed by atoms with Crippen LogP contribution in [0.15, 0.2) is 38.6 Å². The Morgan fingerprint density at radius 3 is 2.62 bits per heavy atom. The minimum Gasteiger partial charge on any atom is -0.379 e. The van der Waals surface area contributed by atoms with E-state index in [1.54, 1.807) is 17.4 Å². The van der Waals surface area contributed by atoms with E-state index in [2.05, 4.69) is 37.2 Å². The lowest BCUT2D eigenvalue weighted by atomic mass is 10.3. The van der Waals surface area contributed by atoms with E-state index >= 15 is 0 Å². The van der Waals surface area contributed by atoms with Crippen LogP contribution in [0.4, 0.5) is 10.1 Å². The molecule has 0 spiro atoms. The van der Waals surface area contributed by atoms with Gasteiger partial charge in [-0.15, -0.1) is 11.3 Å². The number of benzene rings is 1. The highest BCUT2D eigenvalue weighted by atomic mass is 79.9. The van der Waals surface area contributed by atoms with Crippen molar-refractivity contribution in [1.29, 1.82) is 0 Å². The maximum absolute atomic E-state index is 12.9. The third-order valence-corrected chi connectivity index (χ3v) is 4.64. The molecule has 5 heteroatoms. The first-order valence-corrected chi connectivity index (χ1v) is 7.04. The number of rotatable bonds is 3. The van der Waals surface area contributed by atoms with Crippen LogP contribution in [0.2, 0.25) is 0 Å². The van der Waals surface area contributed by atoms with Gasteiger partial charge in [0, 0.05) is 19.5 Å². The molecule has 0 saturated heterocycles. The van der Waals surface area contributed by atoms with Gasteiger partial charge in [-0.25, -0.2) is 4.39 Å². The summed E-state index contributed by atoms with van der Waals surface area (Å²) in [4.78, 5) is 1.22. The zero-order valence-electron chi connectivity index (χ0n) is 8.14. The van der Waals surface area contributed by atoms with Crippen LogP contribution in [0.5, 0.6) is 0 Å². The molecule has 2 aromatic rings. The van der Waals surface area contributed by atoms with Crippen LogP contribution >= 0.6 is 43.2 Å². The monoisotopic (exact) mass is 363 g/mol. The van der Waals surface area contributed by atoms with E-state index in [9.17, 15) is 4.39 Å². The van der Waals surface area contributed by atoms with Gasteiger partial charge in [-0.1, -0.05) is 0 Å². The fourth-order valence-electron chi connectivity index (χ4n) is 1.26. The zero-order valence-corrected chi connectivity index (χ0v) is 12.1. The lowest BCUT2D eigenvalue weighted by Gasteiger charge is -2.07. The maximum Gasteiger partial charge on any atom is 0.124 e. The van der Waals surface area contributed by atoms with E-state index in [1.807, 2.05) is 11.4 Å². The molecule has 1 N–H and O–H groups in total. The summed E-state index contributed by atoms with van der Waals surface area (Å²) in [7, 11) is 0. The molecular weight excluding hydrogens is 357 g/mol.